The number of carboxylic acid groups (broad SMARTS) is 1. The number of alkyl halides is 3. The van der Waals surface area contributed by atoms with Gasteiger partial charge >= 0.3 is 12.1 Å². The maximum Gasteiger partial charge on any atom is 0.403 e. The summed E-state index contributed by atoms with van der Waals surface area (Å²) in [5.74, 6) is -0.740. The average Bonchev–Trinajstić information content (AvgIpc) is 3.01. The van der Waals surface area contributed by atoms with Crippen LogP contribution in [0.5, 0.6) is 5.75 Å². The minimum absolute atomic E-state index is 0.0670. The Hall–Kier alpha value is -2.14. The molecular formula is C35H58F3NO6. The number of rotatable bonds is 30. The molecule has 0 aliphatic carbocycles. The van der Waals surface area contributed by atoms with Crippen molar-refractivity contribution in [3.8, 4) is 5.75 Å². The van der Waals surface area contributed by atoms with Crippen molar-refractivity contribution in [2.45, 2.75) is 121 Å². The van der Waals surface area contributed by atoms with Gasteiger partial charge in [0.25, 0.3) is 0 Å². The lowest BCUT2D eigenvalue weighted by Crippen LogP contribution is -2.51. The summed E-state index contributed by atoms with van der Waals surface area (Å²) in [6, 6.07) is 3.48. The third-order valence-corrected chi connectivity index (χ3v) is 7.51. The molecule has 1 rings (SSSR count). The molecule has 0 saturated carbocycles. The number of allylic oxidation sites excluding steroid dienone is 2. The second-order valence-corrected chi connectivity index (χ2v) is 11.4. The minimum atomic E-state index is -4.52. The molecular weight excluding hydrogens is 587 g/mol. The van der Waals surface area contributed by atoms with Gasteiger partial charge in [-0.2, -0.15) is 13.2 Å². The first kappa shape index (κ1) is 40.9. The highest BCUT2D eigenvalue weighted by molar-refractivity contribution is 5.74. The van der Waals surface area contributed by atoms with Gasteiger partial charge in [0.05, 0.1) is 33.0 Å². The molecule has 0 bridgehead atoms. The highest BCUT2D eigenvalue weighted by Crippen LogP contribution is 2.26. The predicted octanol–water partition coefficient (Wildman–Crippen LogP) is 8.30. The van der Waals surface area contributed by atoms with Crippen LogP contribution < -0.4 is 10.1 Å². The summed E-state index contributed by atoms with van der Waals surface area (Å²) >= 11 is 0. The molecule has 2 atom stereocenters. The SMILES string of the molecule is CCCCCC/C=C/CCCCCCCCCC(NC(Cc1ccc(OCCOCCOCCOC)cc1)C(=O)O)C(F)(F)F. The summed E-state index contributed by atoms with van der Waals surface area (Å²) in [7, 11) is 1.61. The maximum absolute atomic E-state index is 13.8. The lowest BCUT2D eigenvalue weighted by atomic mass is 10.0. The predicted molar refractivity (Wildman–Crippen MR) is 173 cm³/mol. The van der Waals surface area contributed by atoms with E-state index in [2.05, 4.69) is 24.4 Å². The molecule has 1 aromatic carbocycles. The van der Waals surface area contributed by atoms with Gasteiger partial charge < -0.3 is 24.1 Å². The van der Waals surface area contributed by atoms with Gasteiger partial charge in [-0.1, -0.05) is 89.0 Å². The number of carbonyl (C=O) groups is 1. The molecule has 45 heavy (non-hydrogen) atoms. The Bertz CT molecular complexity index is 866. The van der Waals surface area contributed by atoms with E-state index >= 15 is 0 Å². The van der Waals surface area contributed by atoms with Gasteiger partial charge in [-0.15, -0.1) is 0 Å². The van der Waals surface area contributed by atoms with Crippen LogP contribution in [-0.4, -0.2) is 76.1 Å². The van der Waals surface area contributed by atoms with E-state index in [4.69, 9.17) is 18.9 Å². The van der Waals surface area contributed by atoms with Crippen molar-refractivity contribution in [3.05, 3.63) is 42.0 Å². The van der Waals surface area contributed by atoms with E-state index in [1.54, 1.807) is 31.4 Å². The van der Waals surface area contributed by atoms with Crippen LogP contribution in [-0.2, 0) is 25.4 Å². The van der Waals surface area contributed by atoms with Crippen LogP contribution >= 0.6 is 0 Å². The third kappa shape index (κ3) is 22.9. The topological polar surface area (TPSA) is 86.3 Å². The molecule has 2 unspecified atom stereocenters. The van der Waals surface area contributed by atoms with E-state index in [1.165, 1.54) is 25.7 Å². The van der Waals surface area contributed by atoms with E-state index in [1.807, 2.05) is 0 Å². The van der Waals surface area contributed by atoms with Crippen LogP contribution in [0.15, 0.2) is 36.4 Å². The quantitative estimate of drug-likeness (QED) is 0.0643. The number of methoxy groups -OCH3 is 1. The van der Waals surface area contributed by atoms with Crippen molar-refractivity contribution in [1.29, 1.82) is 0 Å². The molecule has 0 aliphatic heterocycles. The van der Waals surface area contributed by atoms with Crippen molar-refractivity contribution >= 4 is 5.97 Å². The number of halogens is 3. The Morgan fingerprint density at radius 1 is 0.800 bits per heavy atom. The second kappa shape index (κ2) is 27.0. The van der Waals surface area contributed by atoms with Crippen LogP contribution in [0.1, 0.15) is 102 Å². The van der Waals surface area contributed by atoms with Crippen LogP contribution in [0, 0.1) is 0 Å². The fraction of sp³-hybridized carbons (Fsp3) is 0.743. The zero-order valence-electron chi connectivity index (χ0n) is 27.6. The fourth-order valence-electron chi connectivity index (χ4n) is 4.86. The van der Waals surface area contributed by atoms with E-state index in [-0.39, 0.29) is 12.8 Å². The Morgan fingerprint density at radius 2 is 1.33 bits per heavy atom. The van der Waals surface area contributed by atoms with Crippen LogP contribution in [0.4, 0.5) is 13.2 Å². The number of aliphatic carboxylic acids is 1. The Labute approximate surface area is 269 Å². The number of nitrogens with one attached hydrogen (secondary N) is 1. The summed E-state index contributed by atoms with van der Waals surface area (Å²) in [6.45, 7) is 4.85. The van der Waals surface area contributed by atoms with Gasteiger partial charge in [0.15, 0.2) is 0 Å². The molecule has 0 heterocycles. The number of hydrogen-bond donors (Lipinski definition) is 2. The van der Waals surface area contributed by atoms with E-state index in [9.17, 15) is 23.1 Å². The number of ether oxygens (including phenoxy) is 4. The lowest BCUT2D eigenvalue weighted by molar-refractivity contribution is -0.163. The lowest BCUT2D eigenvalue weighted by Gasteiger charge is -2.25. The van der Waals surface area contributed by atoms with Crippen LogP contribution in [0.2, 0.25) is 0 Å². The highest BCUT2D eigenvalue weighted by atomic mass is 19.4. The van der Waals surface area contributed by atoms with Gasteiger partial charge in [-0.05, 0) is 56.2 Å². The first-order chi connectivity index (χ1) is 21.8. The summed E-state index contributed by atoms with van der Waals surface area (Å²) < 4.78 is 62.6. The molecule has 7 nitrogen and oxygen atoms in total. The molecule has 0 spiro atoms. The molecule has 0 saturated heterocycles. The van der Waals surface area contributed by atoms with Crippen molar-refractivity contribution in [3.63, 3.8) is 0 Å². The fourth-order valence-corrected chi connectivity index (χ4v) is 4.86. The first-order valence-corrected chi connectivity index (χ1v) is 16.8. The first-order valence-electron chi connectivity index (χ1n) is 16.8. The van der Waals surface area contributed by atoms with Gasteiger partial charge in [0.1, 0.15) is 24.4 Å². The number of unbranched alkanes of at least 4 members (excludes halogenated alkanes) is 11. The largest absolute Gasteiger partial charge is 0.491 e. The third-order valence-electron chi connectivity index (χ3n) is 7.51. The molecule has 0 amide bonds. The van der Waals surface area contributed by atoms with Crippen molar-refractivity contribution in [2.24, 2.45) is 0 Å². The Morgan fingerprint density at radius 3 is 1.89 bits per heavy atom. The summed E-state index contributed by atoms with van der Waals surface area (Å²) in [5, 5.41) is 12.0. The number of hydrogen-bond acceptors (Lipinski definition) is 6. The molecule has 0 aliphatic rings. The van der Waals surface area contributed by atoms with Crippen molar-refractivity contribution in [1.82, 2.24) is 5.32 Å². The summed E-state index contributed by atoms with van der Waals surface area (Å²) in [4.78, 5) is 11.9. The molecule has 0 aromatic heterocycles. The van der Waals surface area contributed by atoms with Crippen molar-refractivity contribution in [2.75, 3.05) is 46.8 Å². The molecule has 260 valence electrons. The molecule has 0 radical (unpaired) electrons. The highest BCUT2D eigenvalue weighted by Gasteiger charge is 2.41. The standard InChI is InChI=1S/C35H58F3NO6/c1-3-4-5-6-7-8-9-10-11-12-13-14-15-16-17-18-33(35(36,37)38)39-32(34(40)41)29-30-19-21-31(22-20-30)45-28-27-44-26-25-43-24-23-42-2/h8-9,19-22,32-33,39H,3-7,10-18,23-29H2,1-2H3,(H,40,41)/b9-8+. The minimum Gasteiger partial charge on any atom is -0.491 e. The average molecular weight is 646 g/mol. The maximum atomic E-state index is 13.8. The Kier molecular flexibility index (Phi) is 24.5. The molecule has 10 heteroatoms. The van der Waals surface area contributed by atoms with E-state index in [0.717, 1.165) is 44.9 Å². The monoisotopic (exact) mass is 645 g/mol. The molecule has 0 fully saturated rings. The summed E-state index contributed by atoms with van der Waals surface area (Å²) in [5.41, 5.74) is 0.607. The van der Waals surface area contributed by atoms with Gasteiger partial charge in [0.2, 0.25) is 0 Å². The molecule has 1 aromatic rings. The smallest absolute Gasteiger partial charge is 0.403 e. The summed E-state index contributed by atoms with van der Waals surface area (Å²) in [6.07, 6.45) is 13.6. The van der Waals surface area contributed by atoms with Crippen LogP contribution in [0.3, 0.4) is 0 Å². The zero-order valence-corrected chi connectivity index (χ0v) is 27.6. The number of benzene rings is 1. The van der Waals surface area contributed by atoms with Gasteiger partial charge in [0, 0.05) is 7.11 Å². The van der Waals surface area contributed by atoms with Crippen LogP contribution in [0.25, 0.3) is 0 Å². The zero-order chi connectivity index (χ0) is 33.0. The van der Waals surface area contributed by atoms with E-state index in [0.29, 0.717) is 63.8 Å². The van der Waals surface area contributed by atoms with Gasteiger partial charge in [-0.3, -0.25) is 10.1 Å². The molecule has 2 N–H and O–H groups in total. The Balaban J connectivity index is 2.31. The van der Waals surface area contributed by atoms with Gasteiger partial charge in [-0.25, -0.2) is 0 Å². The number of carboxylic acids is 1. The van der Waals surface area contributed by atoms with E-state index < -0.39 is 24.2 Å². The second-order valence-electron chi connectivity index (χ2n) is 11.4. The normalized spacial score (nSPS) is 13.4. The van der Waals surface area contributed by atoms with Crippen molar-refractivity contribution < 1.29 is 42.0 Å².